The van der Waals surface area contributed by atoms with Gasteiger partial charge in [-0.05, 0) is 6.42 Å². The molecule has 1 atom stereocenters. The molecule has 0 aliphatic heterocycles. The molecule has 0 spiro atoms. The molecule has 0 radical (unpaired) electrons. The largest absolute Gasteiger partial charge is 0.356 e. The average molecular weight is 230 g/mol. The van der Waals surface area contributed by atoms with E-state index in [-0.39, 0.29) is 11.8 Å². The van der Waals surface area contributed by atoms with Crippen LogP contribution in [-0.4, -0.2) is 27.9 Å². The van der Waals surface area contributed by atoms with Crippen molar-refractivity contribution in [1.29, 1.82) is 0 Å². The van der Waals surface area contributed by atoms with Crippen LogP contribution in [0, 0.1) is 5.92 Å². The van der Waals surface area contributed by atoms with Crippen LogP contribution in [0.15, 0.2) is 18.7 Å². The van der Waals surface area contributed by atoms with Crippen LogP contribution in [0.5, 0.6) is 0 Å². The van der Waals surface area contributed by atoms with Crippen LogP contribution < -0.4 is 5.32 Å². The maximum absolute atomic E-state index is 11.3. The lowest BCUT2D eigenvalue weighted by Gasteiger charge is -2.09. The van der Waals surface area contributed by atoms with Gasteiger partial charge in [-0.25, -0.2) is 4.98 Å². The van der Waals surface area contributed by atoms with E-state index in [2.05, 4.69) is 10.3 Å². The number of amides is 1. The minimum Gasteiger partial charge on any atom is -0.356 e. The summed E-state index contributed by atoms with van der Waals surface area (Å²) < 4.78 is 1.98. The number of hydrogen-bond acceptors (Lipinski definition) is 2. The summed E-state index contributed by atoms with van der Waals surface area (Å²) in [6, 6.07) is 0. The van der Waals surface area contributed by atoms with Gasteiger partial charge < -0.3 is 9.88 Å². The molecule has 5 heteroatoms. The van der Waals surface area contributed by atoms with Gasteiger partial charge in [0.2, 0.25) is 5.91 Å². The Morgan fingerprint density at radius 3 is 3.07 bits per heavy atom. The Bertz CT molecular complexity index is 287. The summed E-state index contributed by atoms with van der Waals surface area (Å²) in [5.74, 6) is 0.281. The Morgan fingerprint density at radius 2 is 2.47 bits per heavy atom. The van der Waals surface area contributed by atoms with Crippen LogP contribution in [0.25, 0.3) is 0 Å². The fraction of sp³-hybridized carbons (Fsp3) is 0.600. The van der Waals surface area contributed by atoms with Crippen LogP contribution in [0.4, 0.5) is 0 Å². The van der Waals surface area contributed by atoms with E-state index >= 15 is 0 Å². The molecule has 1 aromatic rings. The lowest BCUT2D eigenvalue weighted by atomic mass is 10.2. The zero-order valence-corrected chi connectivity index (χ0v) is 9.57. The number of aryl methyl sites for hydroxylation is 1. The van der Waals surface area contributed by atoms with Gasteiger partial charge in [-0.2, -0.15) is 0 Å². The van der Waals surface area contributed by atoms with Gasteiger partial charge in [0.15, 0.2) is 0 Å². The van der Waals surface area contributed by atoms with E-state index in [0.29, 0.717) is 12.4 Å². The summed E-state index contributed by atoms with van der Waals surface area (Å²) in [4.78, 5) is 15.3. The minimum absolute atomic E-state index is 0.0237. The SMILES string of the molecule is CC(CCl)C(=O)NCCCn1ccnc1. The minimum atomic E-state index is -0.111. The summed E-state index contributed by atoms with van der Waals surface area (Å²) in [6.07, 6.45) is 6.32. The topological polar surface area (TPSA) is 46.9 Å². The van der Waals surface area contributed by atoms with Crippen LogP contribution in [0.2, 0.25) is 0 Å². The number of nitrogens with zero attached hydrogens (tertiary/aromatic N) is 2. The number of carbonyl (C=O) groups excluding carboxylic acids is 1. The van der Waals surface area contributed by atoms with Crippen molar-refractivity contribution in [2.75, 3.05) is 12.4 Å². The quantitative estimate of drug-likeness (QED) is 0.590. The molecule has 0 aliphatic carbocycles. The number of imidazole rings is 1. The number of rotatable bonds is 6. The highest BCUT2D eigenvalue weighted by atomic mass is 35.5. The molecule has 0 fully saturated rings. The van der Waals surface area contributed by atoms with Crippen molar-refractivity contribution in [3.05, 3.63) is 18.7 Å². The van der Waals surface area contributed by atoms with Crippen molar-refractivity contribution in [2.24, 2.45) is 5.92 Å². The molecule has 0 aliphatic rings. The van der Waals surface area contributed by atoms with Crippen LogP contribution in [0.3, 0.4) is 0 Å². The molecule has 1 heterocycles. The molecule has 1 rings (SSSR count). The summed E-state index contributed by atoms with van der Waals surface area (Å²) >= 11 is 5.57. The first-order valence-corrected chi connectivity index (χ1v) is 5.57. The van der Waals surface area contributed by atoms with Gasteiger partial charge in [-0.1, -0.05) is 6.92 Å². The number of aromatic nitrogens is 2. The maximum atomic E-state index is 11.3. The van der Waals surface area contributed by atoms with Crippen molar-refractivity contribution in [2.45, 2.75) is 19.9 Å². The van der Waals surface area contributed by atoms with Crippen molar-refractivity contribution in [3.63, 3.8) is 0 Å². The highest BCUT2D eigenvalue weighted by Gasteiger charge is 2.09. The zero-order chi connectivity index (χ0) is 11.1. The third-order valence-corrected chi connectivity index (χ3v) is 2.59. The molecule has 0 saturated carbocycles. The number of carbonyl (C=O) groups is 1. The van der Waals surface area contributed by atoms with E-state index in [1.54, 1.807) is 12.5 Å². The number of halogens is 1. The number of alkyl halides is 1. The van der Waals surface area contributed by atoms with Gasteiger partial charge in [-0.15, -0.1) is 11.6 Å². The van der Waals surface area contributed by atoms with E-state index in [9.17, 15) is 4.79 Å². The van der Waals surface area contributed by atoms with Crippen molar-refractivity contribution in [1.82, 2.24) is 14.9 Å². The first-order valence-electron chi connectivity index (χ1n) is 5.03. The van der Waals surface area contributed by atoms with E-state index in [0.717, 1.165) is 13.0 Å². The maximum Gasteiger partial charge on any atom is 0.224 e. The van der Waals surface area contributed by atoms with Crippen molar-refractivity contribution in [3.8, 4) is 0 Å². The molecular weight excluding hydrogens is 214 g/mol. The van der Waals surface area contributed by atoms with Crippen molar-refractivity contribution >= 4 is 17.5 Å². The summed E-state index contributed by atoms with van der Waals surface area (Å²) in [5, 5.41) is 2.84. The highest BCUT2D eigenvalue weighted by Crippen LogP contribution is 1.97. The predicted octanol–water partition coefficient (Wildman–Crippen LogP) is 1.26. The zero-order valence-electron chi connectivity index (χ0n) is 8.82. The number of nitrogens with one attached hydrogen (secondary N) is 1. The average Bonchev–Trinajstić information content (AvgIpc) is 2.75. The van der Waals surface area contributed by atoms with Crippen LogP contribution in [0.1, 0.15) is 13.3 Å². The molecule has 1 N–H and O–H groups in total. The normalized spacial score (nSPS) is 12.4. The molecule has 0 aromatic carbocycles. The number of hydrogen-bond donors (Lipinski definition) is 1. The molecule has 0 saturated heterocycles. The molecule has 1 unspecified atom stereocenters. The smallest absolute Gasteiger partial charge is 0.224 e. The highest BCUT2D eigenvalue weighted by molar-refractivity contribution is 6.19. The van der Waals surface area contributed by atoms with E-state index in [1.165, 1.54) is 0 Å². The van der Waals surface area contributed by atoms with E-state index < -0.39 is 0 Å². The molecule has 0 bridgehead atoms. The standard InChI is InChI=1S/C10H16ClN3O/c1-9(7-11)10(15)13-3-2-5-14-6-4-12-8-14/h4,6,8-9H,2-3,5,7H2,1H3,(H,13,15). The second kappa shape index (κ2) is 6.45. The third-order valence-electron chi connectivity index (χ3n) is 2.13. The molecule has 1 amide bonds. The molecular formula is C10H16ClN3O. The van der Waals surface area contributed by atoms with Crippen LogP contribution >= 0.6 is 11.6 Å². The van der Waals surface area contributed by atoms with Crippen LogP contribution in [-0.2, 0) is 11.3 Å². The summed E-state index contributed by atoms with van der Waals surface area (Å²) in [7, 11) is 0. The lowest BCUT2D eigenvalue weighted by molar-refractivity contribution is -0.123. The Kier molecular flexibility index (Phi) is 5.18. The lowest BCUT2D eigenvalue weighted by Crippen LogP contribution is -2.31. The van der Waals surface area contributed by atoms with Gasteiger partial charge in [0.05, 0.1) is 6.33 Å². The second-order valence-electron chi connectivity index (χ2n) is 3.50. The molecule has 15 heavy (non-hydrogen) atoms. The first kappa shape index (κ1) is 12.0. The fourth-order valence-electron chi connectivity index (χ4n) is 1.14. The first-order chi connectivity index (χ1) is 7.24. The molecule has 84 valence electrons. The third kappa shape index (κ3) is 4.34. The second-order valence-corrected chi connectivity index (χ2v) is 3.81. The Morgan fingerprint density at radius 1 is 1.67 bits per heavy atom. The Hall–Kier alpha value is -1.03. The van der Waals surface area contributed by atoms with Gasteiger partial charge in [-0.3, -0.25) is 4.79 Å². The van der Waals surface area contributed by atoms with Crippen molar-refractivity contribution < 1.29 is 4.79 Å². The predicted molar refractivity (Wildman–Crippen MR) is 59.7 cm³/mol. The Balaban J connectivity index is 2.09. The summed E-state index contributed by atoms with van der Waals surface area (Å²) in [6.45, 7) is 3.37. The van der Waals surface area contributed by atoms with E-state index in [1.807, 2.05) is 17.7 Å². The van der Waals surface area contributed by atoms with Gasteiger partial charge in [0.25, 0.3) is 0 Å². The van der Waals surface area contributed by atoms with Gasteiger partial charge in [0.1, 0.15) is 0 Å². The molecule has 1 aromatic heterocycles. The van der Waals surface area contributed by atoms with Gasteiger partial charge >= 0.3 is 0 Å². The van der Waals surface area contributed by atoms with E-state index in [4.69, 9.17) is 11.6 Å². The molecule has 4 nitrogen and oxygen atoms in total. The summed E-state index contributed by atoms with van der Waals surface area (Å²) in [5.41, 5.74) is 0. The Labute approximate surface area is 94.6 Å². The fourth-order valence-corrected chi connectivity index (χ4v) is 1.28. The van der Waals surface area contributed by atoms with Gasteiger partial charge in [0, 0.05) is 37.3 Å². The monoisotopic (exact) mass is 229 g/mol.